The van der Waals surface area contributed by atoms with Crippen LogP contribution in [0.25, 0.3) is 0 Å². The lowest BCUT2D eigenvalue weighted by Crippen LogP contribution is -2.48. The SMILES string of the molecule is NC(=O)CC1=C(C(=O)S)N2C(=O)C[C@H]2S1. The highest BCUT2D eigenvalue weighted by Crippen LogP contribution is 2.47. The van der Waals surface area contributed by atoms with E-state index in [1.54, 1.807) is 0 Å². The fourth-order valence-corrected chi connectivity index (χ4v) is 3.34. The molecule has 2 aliphatic rings. The molecule has 2 heterocycles. The van der Waals surface area contributed by atoms with Crippen LogP contribution in [0.1, 0.15) is 12.8 Å². The number of β-lactam (4-membered cyclic amide) rings is 1. The van der Waals surface area contributed by atoms with Gasteiger partial charge in [-0.15, -0.1) is 11.8 Å². The van der Waals surface area contributed by atoms with Crippen LogP contribution in [0.3, 0.4) is 0 Å². The Hall–Kier alpha value is -0.950. The van der Waals surface area contributed by atoms with Gasteiger partial charge in [-0.05, 0) is 0 Å². The first-order valence-electron chi connectivity index (χ1n) is 4.24. The normalized spacial score (nSPS) is 23.9. The number of fused-ring (bicyclic) bond motifs is 1. The number of nitrogens with two attached hydrogens (primary N) is 1. The monoisotopic (exact) mass is 244 g/mol. The molecule has 1 atom stereocenters. The first kappa shape index (κ1) is 10.6. The minimum atomic E-state index is -0.514. The van der Waals surface area contributed by atoms with Gasteiger partial charge in [0, 0.05) is 4.91 Å². The van der Waals surface area contributed by atoms with E-state index in [1.807, 2.05) is 0 Å². The van der Waals surface area contributed by atoms with Crippen molar-refractivity contribution in [3.05, 3.63) is 10.6 Å². The van der Waals surface area contributed by atoms with Crippen LogP contribution in [0.2, 0.25) is 0 Å². The molecule has 0 aromatic heterocycles. The fourth-order valence-electron chi connectivity index (χ4n) is 1.61. The summed E-state index contributed by atoms with van der Waals surface area (Å²) in [4.78, 5) is 35.2. The lowest BCUT2D eigenvalue weighted by Gasteiger charge is -2.34. The van der Waals surface area contributed by atoms with Crippen molar-refractivity contribution < 1.29 is 14.4 Å². The smallest absolute Gasteiger partial charge is 0.233 e. The van der Waals surface area contributed by atoms with Gasteiger partial charge in [0.25, 0.3) is 0 Å². The number of carbonyl (C=O) groups excluding carboxylic acids is 3. The summed E-state index contributed by atoms with van der Waals surface area (Å²) in [6.45, 7) is 0. The number of amides is 2. The van der Waals surface area contributed by atoms with Crippen LogP contribution in [-0.2, 0) is 14.4 Å². The van der Waals surface area contributed by atoms with Crippen LogP contribution in [0, 0.1) is 0 Å². The van der Waals surface area contributed by atoms with E-state index in [9.17, 15) is 14.4 Å². The van der Waals surface area contributed by atoms with Gasteiger partial charge in [-0.1, -0.05) is 12.6 Å². The topological polar surface area (TPSA) is 80.5 Å². The van der Waals surface area contributed by atoms with Gasteiger partial charge in [0.1, 0.15) is 5.70 Å². The molecular weight excluding hydrogens is 236 g/mol. The summed E-state index contributed by atoms with van der Waals surface area (Å²) in [5.41, 5.74) is 5.28. The van der Waals surface area contributed by atoms with Gasteiger partial charge in [0.05, 0.1) is 18.2 Å². The van der Waals surface area contributed by atoms with E-state index >= 15 is 0 Å². The number of nitrogens with zero attached hydrogens (tertiary/aromatic N) is 1. The molecule has 80 valence electrons. The maximum atomic E-state index is 11.2. The van der Waals surface area contributed by atoms with E-state index in [4.69, 9.17) is 5.73 Å². The summed E-state index contributed by atoms with van der Waals surface area (Å²) in [6.07, 6.45) is 0.393. The minimum Gasteiger partial charge on any atom is -0.369 e. The van der Waals surface area contributed by atoms with Crippen LogP contribution in [0.4, 0.5) is 0 Å². The molecule has 0 unspecified atom stereocenters. The van der Waals surface area contributed by atoms with Crippen LogP contribution in [-0.4, -0.2) is 27.2 Å². The van der Waals surface area contributed by atoms with Crippen molar-refractivity contribution in [2.24, 2.45) is 5.73 Å². The molecule has 0 bridgehead atoms. The summed E-state index contributed by atoms with van der Waals surface area (Å²) in [5, 5.41) is -0.535. The zero-order valence-corrected chi connectivity index (χ0v) is 9.31. The van der Waals surface area contributed by atoms with Gasteiger partial charge in [-0.2, -0.15) is 0 Å². The Bertz CT molecular complexity index is 405. The van der Waals surface area contributed by atoms with Gasteiger partial charge in [-0.25, -0.2) is 0 Å². The maximum Gasteiger partial charge on any atom is 0.233 e. The zero-order valence-electron chi connectivity index (χ0n) is 7.60. The number of hydrogen-bond acceptors (Lipinski definition) is 4. The predicted octanol–water partition coefficient (Wildman–Crippen LogP) is -0.165. The molecule has 0 saturated carbocycles. The Morgan fingerprint density at radius 3 is 2.73 bits per heavy atom. The number of primary amides is 1. The van der Waals surface area contributed by atoms with Gasteiger partial charge in [-0.3, -0.25) is 19.3 Å². The van der Waals surface area contributed by atoms with E-state index in [2.05, 4.69) is 12.6 Å². The predicted molar refractivity (Wildman–Crippen MR) is 57.7 cm³/mol. The van der Waals surface area contributed by atoms with E-state index in [0.717, 1.165) is 0 Å². The Morgan fingerprint density at radius 2 is 2.27 bits per heavy atom. The highest BCUT2D eigenvalue weighted by atomic mass is 32.2. The Balaban J connectivity index is 2.31. The van der Waals surface area contributed by atoms with Crippen molar-refractivity contribution in [3.8, 4) is 0 Å². The average molecular weight is 244 g/mol. The molecule has 7 heteroatoms. The Kier molecular flexibility index (Phi) is 2.51. The molecule has 1 fully saturated rings. The number of thiol groups is 1. The molecular formula is C8H8N2O3S2. The largest absolute Gasteiger partial charge is 0.369 e. The summed E-state index contributed by atoms with van der Waals surface area (Å²) in [7, 11) is 0. The van der Waals surface area contributed by atoms with Gasteiger partial charge in [0.15, 0.2) is 0 Å². The fraction of sp³-hybridized carbons (Fsp3) is 0.375. The molecule has 5 nitrogen and oxygen atoms in total. The highest BCUT2D eigenvalue weighted by molar-refractivity contribution is 8.04. The van der Waals surface area contributed by atoms with Crippen molar-refractivity contribution in [3.63, 3.8) is 0 Å². The molecule has 15 heavy (non-hydrogen) atoms. The first-order valence-corrected chi connectivity index (χ1v) is 5.57. The lowest BCUT2D eigenvalue weighted by molar-refractivity contribution is -0.139. The van der Waals surface area contributed by atoms with Crippen molar-refractivity contribution in [2.45, 2.75) is 18.2 Å². The number of carbonyl (C=O) groups is 3. The van der Waals surface area contributed by atoms with Crippen molar-refractivity contribution in [1.82, 2.24) is 4.90 Å². The molecule has 0 aromatic rings. The maximum absolute atomic E-state index is 11.2. The molecule has 2 amide bonds. The molecule has 1 saturated heterocycles. The molecule has 0 aromatic carbocycles. The Labute approximate surface area is 95.5 Å². The van der Waals surface area contributed by atoms with Gasteiger partial charge < -0.3 is 5.73 Å². The summed E-state index contributed by atoms with van der Waals surface area (Å²) < 4.78 is 0. The third kappa shape index (κ3) is 1.65. The minimum absolute atomic E-state index is 0.00736. The van der Waals surface area contributed by atoms with E-state index in [1.165, 1.54) is 16.7 Å². The van der Waals surface area contributed by atoms with E-state index < -0.39 is 11.0 Å². The van der Waals surface area contributed by atoms with E-state index in [-0.39, 0.29) is 23.4 Å². The lowest BCUT2D eigenvalue weighted by atomic mass is 10.1. The van der Waals surface area contributed by atoms with Crippen molar-refractivity contribution >= 4 is 41.3 Å². The standard InChI is InChI=1S/C8H8N2O3S2/c9-4(11)1-3-7(8(13)14)10-5(12)2-6(10)15-3/h6H,1-2H2,(H2,9,11)(H,13,14)/t6-/m1/s1. The first-order chi connectivity index (χ1) is 7.00. The summed E-state index contributed by atoms with van der Waals surface area (Å²) in [6, 6.07) is 0. The van der Waals surface area contributed by atoms with E-state index in [0.29, 0.717) is 11.3 Å². The average Bonchev–Trinajstić information content (AvgIpc) is 2.37. The molecule has 0 spiro atoms. The van der Waals surface area contributed by atoms with Crippen LogP contribution < -0.4 is 5.73 Å². The van der Waals surface area contributed by atoms with Gasteiger partial charge in [0.2, 0.25) is 16.9 Å². The quantitative estimate of drug-likeness (QED) is 0.534. The van der Waals surface area contributed by atoms with Crippen LogP contribution in [0.15, 0.2) is 10.6 Å². The van der Waals surface area contributed by atoms with Crippen molar-refractivity contribution in [2.75, 3.05) is 0 Å². The summed E-state index contributed by atoms with van der Waals surface area (Å²) in [5.74, 6) is -0.621. The Morgan fingerprint density at radius 1 is 1.60 bits per heavy atom. The molecule has 2 rings (SSSR count). The van der Waals surface area contributed by atoms with Crippen LogP contribution >= 0.6 is 24.4 Å². The third-order valence-corrected chi connectivity index (χ3v) is 3.71. The molecule has 2 aliphatic heterocycles. The van der Waals surface area contributed by atoms with Crippen LogP contribution in [0.5, 0.6) is 0 Å². The van der Waals surface area contributed by atoms with Crippen molar-refractivity contribution in [1.29, 1.82) is 0 Å². The second-order valence-electron chi connectivity index (χ2n) is 3.26. The molecule has 0 aliphatic carbocycles. The highest BCUT2D eigenvalue weighted by Gasteiger charge is 2.47. The second kappa shape index (κ2) is 3.57. The second-order valence-corrected chi connectivity index (χ2v) is 4.94. The third-order valence-electron chi connectivity index (χ3n) is 2.23. The van der Waals surface area contributed by atoms with Gasteiger partial charge >= 0.3 is 0 Å². The zero-order chi connectivity index (χ0) is 11.2. The number of hydrogen-bond donors (Lipinski definition) is 2. The number of thioether (sulfide) groups is 1. The molecule has 2 N–H and O–H groups in total. The molecule has 0 radical (unpaired) electrons. The summed E-state index contributed by atoms with van der Waals surface area (Å²) >= 11 is 5.04. The number of rotatable bonds is 3.